The van der Waals surface area contributed by atoms with Crippen LogP contribution in [0.5, 0.6) is 0 Å². The van der Waals surface area contributed by atoms with Gasteiger partial charge in [0.15, 0.2) is 0 Å². The molecule has 0 radical (unpaired) electrons. The van der Waals surface area contributed by atoms with Crippen LogP contribution in [0.15, 0.2) is 32.2 Å². The molecule has 0 saturated heterocycles. The van der Waals surface area contributed by atoms with Gasteiger partial charge in [-0.3, -0.25) is 19.8 Å². The number of rotatable bonds is 3. The predicted octanol–water partition coefficient (Wildman–Crippen LogP) is 3.40. The molecule has 3 atom stereocenters. The highest BCUT2D eigenvalue weighted by molar-refractivity contribution is 6.33. The molecule has 6 nitrogen and oxygen atoms in total. The Morgan fingerprint density at radius 3 is 2.71 bits per heavy atom. The van der Waals surface area contributed by atoms with E-state index in [1.165, 1.54) is 41.4 Å². The van der Waals surface area contributed by atoms with Gasteiger partial charge in [0, 0.05) is 42.9 Å². The monoisotopic (exact) mass is 511 g/mol. The van der Waals surface area contributed by atoms with Crippen molar-refractivity contribution in [1.82, 2.24) is 9.55 Å². The summed E-state index contributed by atoms with van der Waals surface area (Å²) in [6.07, 6.45) is 16.8. The van der Waals surface area contributed by atoms with Crippen LogP contribution >= 0.6 is 0 Å². The van der Waals surface area contributed by atoms with Gasteiger partial charge in [0.25, 0.3) is 5.56 Å². The van der Waals surface area contributed by atoms with Gasteiger partial charge in [0.05, 0.1) is 22.6 Å². The number of halogens is 1. The molecule has 3 unspecified atom stereocenters. The first-order valence-corrected chi connectivity index (χ1v) is 14.1. The van der Waals surface area contributed by atoms with Gasteiger partial charge in [-0.15, -0.1) is 0 Å². The van der Waals surface area contributed by atoms with Crippen molar-refractivity contribution >= 4 is 29.8 Å². The van der Waals surface area contributed by atoms with Crippen LogP contribution in [0, 0.1) is 17.2 Å². The van der Waals surface area contributed by atoms with Crippen LogP contribution in [0.4, 0.5) is 4.39 Å². The summed E-state index contributed by atoms with van der Waals surface area (Å²) in [5, 5.41) is 1.30. The molecule has 5 aliphatic rings. The second kappa shape index (κ2) is 8.92. The number of hydrogen-bond donors (Lipinski definition) is 0. The standard InChI is InChI=1S/C31H34FN5O/c1-18-33-16-28(36-18)20-6-8-26(34-15-20)21-12-25(32)29(24-14-31(13-23(21)24)9-3-4-10-31)19-5-7-27-22(11-19)30(38)37(2)17-35-27/h7,11-12,16-20H,3-6,8-10,13-15H2,1-2H3. The maximum absolute atomic E-state index is 16.2. The van der Waals surface area contributed by atoms with E-state index in [9.17, 15) is 4.79 Å². The van der Waals surface area contributed by atoms with E-state index in [2.05, 4.69) is 15.0 Å². The molecular weight excluding hydrogens is 477 g/mol. The topological polar surface area (TPSA) is 72.0 Å². The molecule has 0 bridgehead atoms. The van der Waals surface area contributed by atoms with Crippen molar-refractivity contribution in [3.05, 3.63) is 61.4 Å². The number of aliphatic imine (C=N–C) groups is 3. The van der Waals surface area contributed by atoms with Gasteiger partial charge in [-0.2, -0.15) is 0 Å². The lowest BCUT2D eigenvalue weighted by atomic mass is 9.82. The maximum Gasteiger partial charge on any atom is 0.260 e. The summed E-state index contributed by atoms with van der Waals surface area (Å²) in [4.78, 5) is 31.3. The van der Waals surface area contributed by atoms with Crippen LogP contribution in [0.1, 0.15) is 80.0 Å². The second-order valence-electron chi connectivity index (χ2n) is 12.0. The Balaban J connectivity index is 1.31. The smallest absolute Gasteiger partial charge is 0.260 e. The lowest BCUT2D eigenvalue weighted by Crippen LogP contribution is -2.47. The number of benzene rings is 1. The van der Waals surface area contributed by atoms with Crippen molar-refractivity contribution in [3.63, 3.8) is 0 Å². The number of aryl methyl sites for hydroxylation is 1. The van der Waals surface area contributed by atoms with E-state index in [0.717, 1.165) is 48.2 Å². The molecule has 3 aliphatic carbocycles. The van der Waals surface area contributed by atoms with E-state index >= 15 is 4.39 Å². The summed E-state index contributed by atoms with van der Waals surface area (Å²) in [6.45, 7) is 2.69. The van der Waals surface area contributed by atoms with Crippen LogP contribution in [-0.2, 0) is 19.9 Å². The van der Waals surface area contributed by atoms with Gasteiger partial charge >= 0.3 is 0 Å². The third kappa shape index (κ3) is 3.85. The summed E-state index contributed by atoms with van der Waals surface area (Å²) in [6, 6.07) is 1.77. The Bertz CT molecular complexity index is 1610. The Hall–Kier alpha value is -3.22. The Morgan fingerprint density at radius 1 is 1.16 bits per heavy atom. The van der Waals surface area contributed by atoms with Crippen LogP contribution in [-0.4, -0.2) is 39.9 Å². The van der Waals surface area contributed by atoms with Crippen molar-refractivity contribution in [2.24, 2.45) is 33.4 Å². The number of aromatic nitrogens is 2. The van der Waals surface area contributed by atoms with Gasteiger partial charge in [-0.25, -0.2) is 9.37 Å². The van der Waals surface area contributed by atoms with Crippen LogP contribution in [0.25, 0.3) is 12.2 Å². The van der Waals surface area contributed by atoms with Crippen molar-refractivity contribution in [2.75, 3.05) is 6.54 Å². The zero-order chi connectivity index (χ0) is 26.0. The van der Waals surface area contributed by atoms with Crippen LogP contribution in [0.3, 0.4) is 0 Å². The molecule has 196 valence electrons. The molecule has 1 aromatic heterocycles. The molecule has 0 N–H and O–H groups in total. The van der Waals surface area contributed by atoms with E-state index in [0.29, 0.717) is 29.5 Å². The van der Waals surface area contributed by atoms with E-state index in [1.807, 2.05) is 25.3 Å². The second-order valence-corrected chi connectivity index (χ2v) is 12.0. The highest BCUT2D eigenvalue weighted by atomic mass is 19.1. The van der Waals surface area contributed by atoms with Crippen LogP contribution in [0.2, 0.25) is 0 Å². The van der Waals surface area contributed by atoms with Crippen LogP contribution < -0.4 is 16.1 Å². The van der Waals surface area contributed by atoms with E-state index in [1.54, 1.807) is 19.4 Å². The molecule has 2 aliphatic heterocycles. The molecule has 7 rings (SSSR count). The Labute approximate surface area is 221 Å². The van der Waals surface area contributed by atoms with Gasteiger partial charge in [0.1, 0.15) is 12.0 Å². The zero-order valence-corrected chi connectivity index (χ0v) is 22.2. The predicted molar refractivity (Wildman–Crippen MR) is 149 cm³/mol. The Morgan fingerprint density at radius 2 is 1.97 bits per heavy atom. The SMILES string of the molecule is CC1N=CC(C2CCC(c3cc(F)c(C4C=c5c(ncn(C)c5=O)=CC4)c4c3CC3(CCCC3)C4)=NC2)=N1. The minimum Gasteiger partial charge on any atom is -0.302 e. The molecule has 7 heteroatoms. The largest absolute Gasteiger partial charge is 0.302 e. The number of nitrogens with zero attached hydrogens (tertiary/aromatic N) is 5. The Kier molecular flexibility index (Phi) is 5.60. The van der Waals surface area contributed by atoms with E-state index in [-0.39, 0.29) is 28.9 Å². The number of fused-ring (bicyclic) bond motifs is 2. The normalized spacial score (nSPS) is 27.0. The average Bonchev–Trinajstić information content (AvgIpc) is 3.66. The fraction of sp³-hybridized carbons (Fsp3) is 0.516. The molecule has 1 spiro atoms. The first kappa shape index (κ1) is 23.9. The van der Waals surface area contributed by atoms with E-state index in [4.69, 9.17) is 4.99 Å². The van der Waals surface area contributed by atoms with Crippen molar-refractivity contribution in [3.8, 4) is 0 Å². The summed E-state index contributed by atoms with van der Waals surface area (Å²) >= 11 is 0. The third-order valence-corrected chi connectivity index (χ3v) is 9.53. The van der Waals surface area contributed by atoms with Crippen molar-refractivity contribution in [1.29, 1.82) is 0 Å². The minimum atomic E-state index is -0.155. The molecular formula is C31H34FN5O. The number of hydrogen-bond acceptors (Lipinski definition) is 5. The zero-order valence-electron chi connectivity index (χ0n) is 22.2. The summed E-state index contributed by atoms with van der Waals surface area (Å²) < 4.78 is 17.7. The summed E-state index contributed by atoms with van der Waals surface area (Å²) in [7, 11) is 1.71. The lowest BCUT2D eigenvalue weighted by Gasteiger charge is -2.24. The van der Waals surface area contributed by atoms with Gasteiger partial charge in [-0.1, -0.05) is 25.0 Å². The van der Waals surface area contributed by atoms with Crippen molar-refractivity contribution in [2.45, 2.75) is 76.8 Å². The minimum absolute atomic E-state index is 0.0136. The molecule has 1 fully saturated rings. The maximum atomic E-state index is 16.2. The highest BCUT2D eigenvalue weighted by Crippen LogP contribution is 2.52. The van der Waals surface area contributed by atoms with Gasteiger partial charge in [0.2, 0.25) is 0 Å². The fourth-order valence-electron chi connectivity index (χ4n) is 7.55. The quantitative estimate of drug-likeness (QED) is 0.634. The molecule has 1 saturated carbocycles. The molecule has 1 aromatic carbocycles. The fourth-order valence-corrected chi connectivity index (χ4v) is 7.55. The summed E-state index contributed by atoms with van der Waals surface area (Å²) in [5.74, 6) is -0.00824. The first-order valence-electron chi connectivity index (χ1n) is 14.1. The summed E-state index contributed by atoms with van der Waals surface area (Å²) in [5.41, 5.74) is 6.59. The third-order valence-electron chi connectivity index (χ3n) is 9.53. The molecule has 3 heterocycles. The van der Waals surface area contributed by atoms with Gasteiger partial charge < -0.3 is 4.57 Å². The van der Waals surface area contributed by atoms with Gasteiger partial charge in [-0.05, 0) is 80.0 Å². The van der Waals surface area contributed by atoms with E-state index < -0.39 is 0 Å². The highest BCUT2D eigenvalue weighted by Gasteiger charge is 2.43. The molecule has 0 amide bonds. The van der Waals surface area contributed by atoms with Crippen molar-refractivity contribution < 1.29 is 4.39 Å². The first-order chi connectivity index (χ1) is 18.4. The average molecular weight is 512 g/mol. The lowest BCUT2D eigenvalue weighted by molar-refractivity contribution is 0.317. The molecule has 38 heavy (non-hydrogen) atoms. The molecule has 2 aromatic rings.